The second-order valence-electron chi connectivity index (χ2n) is 9.51. The van der Waals surface area contributed by atoms with E-state index >= 15 is 0 Å². The minimum Gasteiger partial charge on any atom is -0.396 e. The summed E-state index contributed by atoms with van der Waals surface area (Å²) in [6.45, 7) is 2.07. The highest BCUT2D eigenvalue weighted by Gasteiger charge is 2.39. The van der Waals surface area contributed by atoms with E-state index in [0.29, 0.717) is 23.0 Å². The fourth-order valence-electron chi connectivity index (χ4n) is 5.04. The van der Waals surface area contributed by atoms with Crippen molar-refractivity contribution in [1.29, 1.82) is 0 Å². The number of hydrogen-bond donors (Lipinski definition) is 1. The second-order valence-corrected chi connectivity index (χ2v) is 9.95. The molecular weight excluding hydrogens is 420 g/mol. The Bertz CT molecular complexity index is 872. The lowest BCUT2D eigenvalue weighted by atomic mass is 9.81. The number of benzene rings is 2. The largest absolute Gasteiger partial charge is 0.396 e. The fourth-order valence-corrected chi connectivity index (χ4v) is 5.16. The maximum atomic E-state index is 13.2. The average molecular weight is 455 g/mol. The van der Waals surface area contributed by atoms with Crippen LogP contribution < -0.4 is 0 Å². The Hall–Kier alpha value is -1.88. The number of aliphatic hydroxyl groups excluding tert-OH is 1. The van der Waals surface area contributed by atoms with Crippen LogP contribution in [0.15, 0.2) is 48.5 Å². The molecule has 32 heavy (non-hydrogen) atoms. The topological polar surface area (TPSA) is 43.8 Å². The summed E-state index contributed by atoms with van der Waals surface area (Å²) >= 11 is 6.01. The van der Waals surface area contributed by atoms with Gasteiger partial charge in [-0.3, -0.25) is 4.79 Å². The third-order valence-corrected chi connectivity index (χ3v) is 7.21. The Labute approximate surface area is 197 Å². The summed E-state index contributed by atoms with van der Waals surface area (Å²) in [5, 5.41) is 9.66. The normalized spacial score (nSPS) is 21.0. The lowest BCUT2D eigenvalue weighted by Crippen LogP contribution is -2.43. The molecule has 2 aromatic carbocycles. The number of halogens is 1. The summed E-state index contributed by atoms with van der Waals surface area (Å²) < 4.78 is 0. The molecule has 0 aromatic heterocycles. The highest BCUT2D eigenvalue weighted by molar-refractivity contribution is 6.30. The molecule has 0 radical (unpaired) electrons. The van der Waals surface area contributed by atoms with Gasteiger partial charge in [-0.2, -0.15) is 0 Å². The Balaban J connectivity index is 1.33. The first-order chi connectivity index (χ1) is 15.5. The molecule has 2 aliphatic carbocycles. The first-order valence-electron chi connectivity index (χ1n) is 12.0. The molecule has 1 amide bonds. The van der Waals surface area contributed by atoms with Gasteiger partial charge in [0.05, 0.1) is 0 Å². The highest BCUT2D eigenvalue weighted by atomic mass is 35.5. The number of amides is 1. The van der Waals surface area contributed by atoms with Gasteiger partial charge in [0.2, 0.25) is 0 Å². The van der Waals surface area contributed by atoms with E-state index in [2.05, 4.69) is 41.1 Å². The van der Waals surface area contributed by atoms with Crippen LogP contribution in [0.3, 0.4) is 0 Å². The highest BCUT2D eigenvalue weighted by Crippen LogP contribution is 2.39. The van der Waals surface area contributed by atoms with Crippen molar-refractivity contribution in [3.63, 3.8) is 0 Å². The van der Waals surface area contributed by atoms with E-state index in [-0.39, 0.29) is 12.5 Å². The van der Waals surface area contributed by atoms with Crippen LogP contribution in [0.25, 0.3) is 0 Å². The molecule has 2 aromatic rings. The van der Waals surface area contributed by atoms with Crippen LogP contribution in [-0.2, 0) is 6.54 Å². The second kappa shape index (κ2) is 10.8. The number of rotatable bonds is 9. The van der Waals surface area contributed by atoms with Gasteiger partial charge in [0.15, 0.2) is 0 Å². The molecule has 172 valence electrons. The molecule has 0 aliphatic heterocycles. The van der Waals surface area contributed by atoms with Crippen molar-refractivity contribution in [2.75, 3.05) is 20.2 Å². The van der Waals surface area contributed by atoms with Gasteiger partial charge in [0.1, 0.15) is 0 Å². The van der Waals surface area contributed by atoms with Crippen LogP contribution in [0.4, 0.5) is 0 Å². The molecule has 4 nitrogen and oxygen atoms in total. The minimum absolute atomic E-state index is 0.169. The van der Waals surface area contributed by atoms with Gasteiger partial charge in [-0.15, -0.1) is 0 Å². The molecule has 0 saturated heterocycles. The molecule has 4 rings (SSSR count). The van der Waals surface area contributed by atoms with E-state index in [9.17, 15) is 4.79 Å². The van der Waals surface area contributed by atoms with Crippen LogP contribution in [0.5, 0.6) is 0 Å². The summed E-state index contributed by atoms with van der Waals surface area (Å²) in [6, 6.07) is 17.2. The van der Waals surface area contributed by atoms with Gasteiger partial charge in [0, 0.05) is 42.4 Å². The van der Waals surface area contributed by atoms with E-state index in [0.717, 1.165) is 63.6 Å². The third-order valence-electron chi connectivity index (χ3n) is 6.96. The molecule has 1 N–H and O–H groups in total. The molecule has 0 heterocycles. The summed E-state index contributed by atoms with van der Waals surface area (Å²) in [5.74, 6) is 0.751. The number of hydrogen-bond acceptors (Lipinski definition) is 3. The van der Waals surface area contributed by atoms with Gasteiger partial charge >= 0.3 is 0 Å². The zero-order valence-corrected chi connectivity index (χ0v) is 19.8. The Morgan fingerprint density at radius 1 is 0.938 bits per heavy atom. The number of carbonyl (C=O) groups is 1. The van der Waals surface area contributed by atoms with E-state index in [1.54, 1.807) is 0 Å². The van der Waals surface area contributed by atoms with Gasteiger partial charge in [-0.05, 0) is 93.3 Å². The predicted molar refractivity (Wildman–Crippen MR) is 130 cm³/mol. The quantitative estimate of drug-likeness (QED) is 0.545. The standard InChI is InChI=1S/C27H35ClN2O2/c1-29(17-2-18-31)19-20-3-5-21(6-4-20)22-9-13-25(14-10-22)30(26-15-16-26)27(32)23-7-11-24(28)12-8-23/h3-8,11-12,22,25-26,31H,2,9-10,13-19H2,1H3. The summed E-state index contributed by atoms with van der Waals surface area (Å²) in [7, 11) is 2.10. The molecule has 0 unspecified atom stereocenters. The first kappa shape index (κ1) is 23.3. The summed E-state index contributed by atoms with van der Waals surface area (Å²) in [5.41, 5.74) is 3.49. The Kier molecular flexibility index (Phi) is 7.88. The maximum Gasteiger partial charge on any atom is 0.254 e. The molecule has 2 saturated carbocycles. The van der Waals surface area contributed by atoms with E-state index in [1.165, 1.54) is 11.1 Å². The van der Waals surface area contributed by atoms with E-state index in [1.807, 2.05) is 24.3 Å². The van der Waals surface area contributed by atoms with Gasteiger partial charge in [-0.25, -0.2) is 0 Å². The number of nitrogens with zero attached hydrogens (tertiary/aromatic N) is 2. The van der Waals surface area contributed by atoms with Crippen molar-refractivity contribution in [2.24, 2.45) is 0 Å². The zero-order chi connectivity index (χ0) is 22.5. The average Bonchev–Trinajstić information content (AvgIpc) is 3.64. The van der Waals surface area contributed by atoms with Crippen molar-refractivity contribution in [3.8, 4) is 0 Å². The van der Waals surface area contributed by atoms with Crippen LogP contribution in [0.1, 0.15) is 72.3 Å². The fraction of sp³-hybridized carbons (Fsp3) is 0.519. The van der Waals surface area contributed by atoms with Gasteiger partial charge in [-0.1, -0.05) is 35.9 Å². The van der Waals surface area contributed by atoms with Crippen molar-refractivity contribution >= 4 is 17.5 Å². The van der Waals surface area contributed by atoms with Crippen molar-refractivity contribution in [3.05, 3.63) is 70.2 Å². The lowest BCUT2D eigenvalue weighted by Gasteiger charge is -2.37. The lowest BCUT2D eigenvalue weighted by molar-refractivity contribution is 0.0605. The first-order valence-corrected chi connectivity index (χ1v) is 12.4. The van der Waals surface area contributed by atoms with Crippen LogP contribution in [0, 0.1) is 0 Å². The number of carbonyl (C=O) groups excluding carboxylic acids is 1. The maximum absolute atomic E-state index is 13.2. The minimum atomic E-state index is 0.169. The van der Waals surface area contributed by atoms with Gasteiger partial charge in [0.25, 0.3) is 5.91 Å². The Morgan fingerprint density at radius 3 is 2.09 bits per heavy atom. The molecule has 0 bridgehead atoms. The molecular formula is C27H35ClN2O2. The van der Waals surface area contributed by atoms with Crippen LogP contribution >= 0.6 is 11.6 Å². The van der Waals surface area contributed by atoms with Crippen LogP contribution in [-0.4, -0.2) is 53.1 Å². The molecule has 0 atom stereocenters. The molecule has 5 heteroatoms. The molecule has 0 spiro atoms. The molecule has 2 aliphatic rings. The predicted octanol–water partition coefficient (Wildman–Crippen LogP) is 5.49. The van der Waals surface area contributed by atoms with Crippen molar-refractivity contribution in [2.45, 2.75) is 69.5 Å². The third kappa shape index (κ3) is 5.92. The SMILES string of the molecule is CN(CCCO)Cc1ccc(C2CCC(N(C(=O)c3ccc(Cl)cc3)C3CC3)CC2)cc1. The van der Waals surface area contributed by atoms with E-state index in [4.69, 9.17) is 16.7 Å². The Morgan fingerprint density at radius 2 is 1.53 bits per heavy atom. The van der Waals surface area contributed by atoms with Gasteiger partial charge < -0.3 is 14.9 Å². The number of aliphatic hydroxyl groups is 1. The summed E-state index contributed by atoms with van der Waals surface area (Å²) in [4.78, 5) is 17.7. The van der Waals surface area contributed by atoms with Crippen LogP contribution in [0.2, 0.25) is 5.02 Å². The zero-order valence-electron chi connectivity index (χ0n) is 19.0. The van der Waals surface area contributed by atoms with Crippen molar-refractivity contribution < 1.29 is 9.90 Å². The van der Waals surface area contributed by atoms with Crippen molar-refractivity contribution in [1.82, 2.24) is 9.80 Å². The monoisotopic (exact) mass is 454 g/mol. The summed E-state index contributed by atoms with van der Waals surface area (Å²) in [6.07, 6.45) is 7.50. The van der Waals surface area contributed by atoms with E-state index < -0.39 is 0 Å². The molecule has 2 fully saturated rings. The smallest absolute Gasteiger partial charge is 0.254 e.